The van der Waals surface area contributed by atoms with E-state index in [1.165, 1.54) is 32.4 Å². The van der Waals surface area contributed by atoms with Crippen molar-refractivity contribution in [3.8, 4) is 0 Å². The van der Waals surface area contributed by atoms with Crippen molar-refractivity contribution in [2.75, 3.05) is 39.4 Å². The van der Waals surface area contributed by atoms with Gasteiger partial charge < -0.3 is 15.0 Å². The predicted octanol–water partition coefficient (Wildman–Crippen LogP) is 3.48. The van der Waals surface area contributed by atoms with Crippen molar-refractivity contribution in [3.63, 3.8) is 0 Å². The molecule has 7 heteroatoms. The Morgan fingerprint density at radius 1 is 1.21 bits per heavy atom. The summed E-state index contributed by atoms with van der Waals surface area (Å²) < 4.78 is 7.47. The first-order valence-corrected chi connectivity index (χ1v) is 11.2. The number of carbonyl (C=O) groups is 1. The number of hydrogen-bond donors (Lipinski definition) is 1. The number of rotatable bonds is 7. The lowest BCUT2D eigenvalue weighted by atomic mass is 9.79. The summed E-state index contributed by atoms with van der Waals surface area (Å²) in [6.45, 7) is 6.32. The van der Waals surface area contributed by atoms with Gasteiger partial charge >= 0.3 is 0 Å². The molecule has 0 unspecified atom stereocenters. The molecule has 1 aromatic carbocycles. The van der Waals surface area contributed by atoms with Crippen molar-refractivity contribution in [1.29, 1.82) is 0 Å². The van der Waals surface area contributed by atoms with Crippen molar-refractivity contribution < 1.29 is 9.53 Å². The highest BCUT2D eigenvalue weighted by molar-refractivity contribution is 6.31. The number of aromatic nitrogens is 2. The van der Waals surface area contributed by atoms with E-state index in [9.17, 15) is 4.79 Å². The number of carbonyl (C=O) groups excluding carboxylic acids is 1. The summed E-state index contributed by atoms with van der Waals surface area (Å²) in [7, 11) is 0. The topological polar surface area (TPSA) is 59.4 Å². The minimum Gasteiger partial charge on any atom is -0.381 e. The summed E-state index contributed by atoms with van der Waals surface area (Å²) >= 11 is 6.11. The van der Waals surface area contributed by atoms with E-state index in [0.717, 1.165) is 50.0 Å². The van der Waals surface area contributed by atoms with Gasteiger partial charge in [-0.1, -0.05) is 18.0 Å². The van der Waals surface area contributed by atoms with Crippen LogP contribution in [0.2, 0.25) is 5.02 Å². The van der Waals surface area contributed by atoms with Crippen LogP contribution in [0.1, 0.15) is 38.5 Å². The first-order valence-electron chi connectivity index (χ1n) is 10.8. The minimum atomic E-state index is 0.0835. The Balaban J connectivity index is 1.32. The monoisotopic (exact) mass is 418 g/mol. The van der Waals surface area contributed by atoms with Crippen molar-refractivity contribution in [2.45, 2.75) is 45.1 Å². The number of amides is 1. The summed E-state index contributed by atoms with van der Waals surface area (Å²) in [6, 6.07) is 5.71. The normalized spacial score (nSPS) is 20.0. The van der Waals surface area contributed by atoms with Crippen molar-refractivity contribution in [1.82, 2.24) is 20.0 Å². The molecule has 6 nitrogen and oxygen atoms in total. The van der Waals surface area contributed by atoms with E-state index in [1.807, 2.05) is 29.1 Å². The van der Waals surface area contributed by atoms with E-state index in [4.69, 9.17) is 16.3 Å². The van der Waals surface area contributed by atoms with Gasteiger partial charge in [0.1, 0.15) is 0 Å². The molecule has 158 valence electrons. The number of fused-ring (bicyclic) bond motifs is 1. The maximum absolute atomic E-state index is 12.6. The first kappa shape index (κ1) is 20.6. The maximum atomic E-state index is 12.6. The van der Waals surface area contributed by atoms with Gasteiger partial charge in [0.15, 0.2) is 0 Å². The van der Waals surface area contributed by atoms with Gasteiger partial charge in [-0.2, -0.15) is 5.10 Å². The number of ether oxygens (including phenoxy) is 1. The molecule has 0 spiro atoms. The van der Waals surface area contributed by atoms with Crippen LogP contribution in [0.3, 0.4) is 0 Å². The second-order valence-electron chi connectivity index (χ2n) is 8.55. The Bertz CT molecular complexity index is 825. The van der Waals surface area contributed by atoms with Crippen LogP contribution in [0, 0.1) is 5.41 Å². The molecule has 2 saturated heterocycles. The molecule has 0 radical (unpaired) electrons. The predicted molar refractivity (Wildman–Crippen MR) is 115 cm³/mol. The molecule has 2 aliphatic rings. The number of aryl methyl sites for hydroxylation is 1. The molecule has 0 bridgehead atoms. The zero-order valence-corrected chi connectivity index (χ0v) is 17.8. The van der Waals surface area contributed by atoms with Crippen LogP contribution in [0.15, 0.2) is 24.4 Å². The fraction of sp³-hybridized carbons (Fsp3) is 0.636. The molecule has 2 aliphatic heterocycles. The fourth-order valence-corrected chi connectivity index (χ4v) is 4.76. The van der Waals surface area contributed by atoms with Gasteiger partial charge in [0, 0.05) is 48.5 Å². The number of nitrogens with zero attached hydrogens (tertiary/aromatic N) is 3. The van der Waals surface area contributed by atoms with Crippen LogP contribution < -0.4 is 5.32 Å². The third-order valence-electron chi connectivity index (χ3n) is 6.38. The Hall–Kier alpha value is -1.63. The van der Waals surface area contributed by atoms with Crippen molar-refractivity contribution in [2.24, 2.45) is 5.41 Å². The lowest BCUT2D eigenvalue weighted by Crippen LogP contribution is -2.49. The Morgan fingerprint density at radius 2 is 2.00 bits per heavy atom. The van der Waals surface area contributed by atoms with Crippen LogP contribution in [-0.4, -0.2) is 60.0 Å². The number of hydrogen-bond acceptors (Lipinski definition) is 4. The van der Waals surface area contributed by atoms with Crippen LogP contribution >= 0.6 is 11.6 Å². The van der Waals surface area contributed by atoms with Crippen LogP contribution in [0.25, 0.3) is 10.9 Å². The fourth-order valence-electron chi connectivity index (χ4n) is 4.59. The van der Waals surface area contributed by atoms with Gasteiger partial charge in [-0.3, -0.25) is 9.48 Å². The molecule has 0 saturated carbocycles. The average Bonchev–Trinajstić information content (AvgIpc) is 3.14. The molecule has 0 aliphatic carbocycles. The molecule has 2 aromatic rings. The zero-order chi connectivity index (χ0) is 20.1. The summed E-state index contributed by atoms with van der Waals surface area (Å²) in [6.07, 6.45) is 8.20. The first-order chi connectivity index (χ1) is 14.1. The van der Waals surface area contributed by atoms with E-state index < -0.39 is 0 Å². The Kier molecular flexibility index (Phi) is 6.73. The van der Waals surface area contributed by atoms with Crippen molar-refractivity contribution >= 4 is 28.4 Å². The van der Waals surface area contributed by atoms with Crippen molar-refractivity contribution in [3.05, 3.63) is 29.4 Å². The summed E-state index contributed by atoms with van der Waals surface area (Å²) in [5, 5.41) is 9.34. The van der Waals surface area contributed by atoms with E-state index in [0.29, 0.717) is 18.0 Å². The number of halogens is 1. The van der Waals surface area contributed by atoms with Gasteiger partial charge in [0.2, 0.25) is 5.91 Å². The second kappa shape index (κ2) is 9.45. The van der Waals surface area contributed by atoms with Gasteiger partial charge in [-0.15, -0.1) is 0 Å². The third-order valence-corrected chi connectivity index (χ3v) is 6.61. The Morgan fingerprint density at radius 3 is 2.79 bits per heavy atom. The van der Waals surface area contributed by atoms with E-state index in [2.05, 4.69) is 15.3 Å². The number of benzene rings is 1. The molecular formula is C22H31ClN4O2. The largest absolute Gasteiger partial charge is 0.381 e. The molecule has 1 N–H and O–H groups in total. The van der Waals surface area contributed by atoms with Gasteiger partial charge in [0.25, 0.3) is 0 Å². The molecular weight excluding hydrogens is 388 g/mol. The minimum absolute atomic E-state index is 0.0835. The Labute approximate surface area is 177 Å². The standard InChI is InChI=1S/C22H31ClN4O2/c23-19-5-4-18-15-25-27(20(18)14-19)11-6-21(28)24-16-22(7-12-29-13-8-22)17-26-9-2-1-3-10-26/h4-5,14-15H,1-3,6-13,16-17H2,(H,24,28). The van der Waals surface area contributed by atoms with Crippen LogP contribution in [0.4, 0.5) is 0 Å². The molecule has 29 heavy (non-hydrogen) atoms. The highest BCUT2D eigenvalue weighted by Crippen LogP contribution is 2.32. The average molecular weight is 419 g/mol. The zero-order valence-electron chi connectivity index (χ0n) is 17.0. The molecule has 4 rings (SSSR count). The third kappa shape index (κ3) is 5.30. The SMILES string of the molecule is O=C(CCn1ncc2ccc(Cl)cc21)NCC1(CN2CCCCC2)CCOCC1. The highest BCUT2D eigenvalue weighted by Gasteiger charge is 2.35. The maximum Gasteiger partial charge on any atom is 0.221 e. The molecule has 2 fully saturated rings. The van der Waals surface area contributed by atoms with Gasteiger partial charge in [-0.25, -0.2) is 0 Å². The smallest absolute Gasteiger partial charge is 0.221 e. The van der Waals surface area contributed by atoms with Crippen LogP contribution in [-0.2, 0) is 16.1 Å². The number of piperidine rings is 1. The van der Waals surface area contributed by atoms with Gasteiger partial charge in [-0.05, 0) is 57.0 Å². The second-order valence-corrected chi connectivity index (χ2v) is 8.98. The molecule has 1 aromatic heterocycles. The van der Waals surface area contributed by atoms with Gasteiger partial charge in [0.05, 0.1) is 18.3 Å². The van der Waals surface area contributed by atoms with E-state index in [1.54, 1.807) is 0 Å². The number of nitrogens with one attached hydrogen (secondary N) is 1. The van der Waals surface area contributed by atoms with E-state index in [-0.39, 0.29) is 11.3 Å². The molecule has 0 atom stereocenters. The summed E-state index contributed by atoms with van der Waals surface area (Å²) in [5.41, 5.74) is 1.10. The highest BCUT2D eigenvalue weighted by atomic mass is 35.5. The lowest BCUT2D eigenvalue weighted by molar-refractivity contribution is -0.122. The quantitative estimate of drug-likeness (QED) is 0.747. The lowest BCUT2D eigenvalue weighted by Gasteiger charge is -2.42. The van der Waals surface area contributed by atoms with Crippen LogP contribution in [0.5, 0.6) is 0 Å². The molecule has 3 heterocycles. The number of likely N-dealkylation sites (tertiary alicyclic amines) is 1. The molecule has 1 amide bonds. The van der Waals surface area contributed by atoms with E-state index >= 15 is 0 Å². The summed E-state index contributed by atoms with van der Waals surface area (Å²) in [5.74, 6) is 0.0835. The summed E-state index contributed by atoms with van der Waals surface area (Å²) in [4.78, 5) is 15.2.